The molecule has 44 heavy (non-hydrogen) atoms. The average Bonchev–Trinajstić information content (AvgIpc) is 3.01. The number of morpholine rings is 1. The van der Waals surface area contributed by atoms with E-state index in [1.165, 1.54) is 5.56 Å². The summed E-state index contributed by atoms with van der Waals surface area (Å²) in [6, 6.07) is 24.2. The number of carboxylic acid groups (broad SMARTS) is 1. The molecule has 3 atom stereocenters. The lowest BCUT2D eigenvalue weighted by atomic mass is 9.72. The number of rotatable bonds is 6. The predicted octanol–water partition coefficient (Wildman–Crippen LogP) is 5.13. The van der Waals surface area contributed by atoms with E-state index in [4.69, 9.17) is 37.8 Å². The fourth-order valence-electron chi connectivity index (χ4n) is 5.89. The molecular weight excluding hydrogens is 684 g/mol. The summed E-state index contributed by atoms with van der Waals surface area (Å²) in [6.45, 7) is 3.73. The monoisotopic (exact) mass is 714 g/mol. The molecule has 1 saturated heterocycles. The molecule has 1 heterocycles. The van der Waals surface area contributed by atoms with Gasteiger partial charge in [-0.15, -0.1) is 0 Å². The maximum atomic E-state index is 14.0. The number of alkyl halides is 3. The van der Waals surface area contributed by atoms with Crippen LogP contribution in [-0.2, 0) is 14.3 Å². The van der Waals surface area contributed by atoms with E-state index in [1.54, 1.807) is 4.90 Å². The Bertz CT molecular complexity index is 1340. The normalized spacial score (nSPS) is 20.8. The highest BCUT2D eigenvalue weighted by molar-refractivity contribution is 9.10. The van der Waals surface area contributed by atoms with Crippen LogP contribution in [0.3, 0.4) is 0 Å². The molecule has 2 aliphatic rings. The van der Waals surface area contributed by atoms with Gasteiger partial charge in [-0.1, -0.05) is 75.5 Å². The van der Waals surface area contributed by atoms with Crippen molar-refractivity contribution in [1.29, 1.82) is 0 Å². The van der Waals surface area contributed by atoms with Gasteiger partial charge in [0.2, 0.25) is 5.91 Å². The molecule has 1 aliphatic heterocycles. The molecule has 0 bridgehead atoms. The Balaban J connectivity index is 0.000000566. The number of benzene rings is 3. The molecule has 0 radical (unpaired) electrons. The van der Waals surface area contributed by atoms with Gasteiger partial charge in [0.05, 0.1) is 25.3 Å². The first kappa shape index (κ1) is 34.2. The van der Waals surface area contributed by atoms with Gasteiger partial charge < -0.3 is 24.9 Å². The standard InChI is InChI=1S/C30H31BrCl2N2O2.C2HF3O2/c31-23-7-1-20(2-8-23)28-19-26(35-15-17-37-18-16-35)13-14-27(28)30(36)34-29(21-3-9-24(32)10-4-21)22-5-11-25(33)12-6-22;3-2(4,5)1(6)7/h1-12,26-29H,13-19H2,(H,34,36);(H,6,7)/t26-,27-,28+;/m1./s1. The van der Waals surface area contributed by atoms with Crippen molar-refractivity contribution in [3.63, 3.8) is 0 Å². The number of aliphatic carboxylic acids is 1. The molecule has 6 nitrogen and oxygen atoms in total. The average molecular weight is 716 g/mol. The van der Waals surface area contributed by atoms with Crippen LogP contribution in [0, 0.1) is 5.92 Å². The van der Waals surface area contributed by atoms with Gasteiger partial charge in [-0.05, 0) is 59.5 Å². The van der Waals surface area contributed by atoms with Gasteiger partial charge in [0.1, 0.15) is 19.1 Å². The summed E-state index contributed by atoms with van der Waals surface area (Å²) < 4.78 is 38.2. The van der Waals surface area contributed by atoms with E-state index in [1.807, 2.05) is 48.5 Å². The highest BCUT2D eigenvalue weighted by atomic mass is 79.9. The summed E-state index contributed by atoms with van der Waals surface area (Å²) in [7, 11) is 0. The van der Waals surface area contributed by atoms with Gasteiger partial charge in [0.25, 0.3) is 0 Å². The van der Waals surface area contributed by atoms with Crippen molar-refractivity contribution in [3.8, 4) is 0 Å². The van der Waals surface area contributed by atoms with Crippen molar-refractivity contribution in [2.45, 2.75) is 43.4 Å². The van der Waals surface area contributed by atoms with E-state index in [0.717, 1.165) is 61.2 Å². The third kappa shape index (κ3) is 9.44. The number of hydrogen-bond donors (Lipinski definition) is 2. The Morgan fingerprint density at radius 3 is 1.86 bits per heavy atom. The number of nitrogens with one attached hydrogen (secondary N) is 2. The van der Waals surface area contributed by atoms with Crippen LogP contribution in [0.4, 0.5) is 13.2 Å². The minimum absolute atomic E-state index is 0.0956. The third-order valence-corrected chi connectivity index (χ3v) is 9.15. The smallest absolute Gasteiger partial charge is 0.430 e. The summed E-state index contributed by atoms with van der Waals surface area (Å²) in [5, 5.41) is 13.5. The lowest BCUT2D eigenvalue weighted by molar-refractivity contribution is -0.934. The van der Waals surface area contributed by atoms with E-state index >= 15 is 0 Å². The number of quaternary nitrogens is 1. The van der Waals surface area contributed by atoms with Crippen molar-refractivity contribution in [2.24, 2.45) is 5.92 Å². The summed E-state index contributed by atoms with van der Waals surface area (Å²) in [6.07, 6.45) is -2.27. The van der Waals surface area contributed by atoms with Gasteiger partial charge in [0.15, 0.2) is 0 Å². The Hall–Kier alpha value is -2.63. The second kappa shape index (κ2) is 15.6. The minimum Gasteiger partial charge on any atom is -0.542 e. The SMILES string of the molecule is O=C(NC(c1ccc(Cl)cc1)c1ccc(Cl)cc1)[C@@H]1CC[C@@H]([NH+]2CCOCC2)C[C@H]1c1ccc(Br)cc1.O=C([O-])C(F)(F)F. The van der Waals surface area contributed by atoms with Crippen LogP contribution in [-0.4, -0.2) is 50.4 Å². The molecule has 0 spiro atoms. The minimum atomic E-state index is -5.19. The Kier molecular flexibility index (Phi) is 12.1. The van der Waals surface area contributed by atoms with E-state index in [-0.39, 0.29) is 23.8 Å². The van der Waals surface area contributed by atoms with E-state index in [0.29, 0.717) is 16.1 Å². The summed E-state index contributed by atoms with van der Waals surface area (Å²) in [5.41, 5.74) is 3.22. The molecule has 3 aromatic rings. The van der Waals surface area contributed by atoms with Crippen molar-refractivity contribution < 1.29 is 37.5 Å². The summed E-state index contributed by atoms with van der Waals surface area (Å²) in [4.78, 5) is 24.4. The predicted molar refractivity (Wildman–Crippen MR) is 163 cm³/mol. The molecule has 2 fully saturated rings. The Morgan fingerprint density at radius 1 is 0.886 bits per heavy atom. The number of carbonyl (C=O) groups is 2. The maximum absolute atomic E-state index is 14.0. The number of amides is 1. The second-order valence-corrected chi connectivity index (χ2v) is 12.7. The van der Waals surface area contributed by atoms with Gasteiger partial charge in [-0.3, -0.25) is 4.79 Å². The molecule has 0 aromatic heterocycles. The summed E-state index contributed by atoms with van der Waals surface area (Å²) >= 11 is 15.9. The highest BCUT2D eigenvalue weighted by Gasteiger charge is 2.40. The fourth-order valence-corrected chi connectivity index (χ4v) is 6.41. The van der Waals surface area contributed by atoms with E-state index in [2.05, 4.69) is 45.5 Å². The second-order valence-electron chi connectivity index (χ2n) is 10.9. The first-order valence-electron chi connectivity index (χ1n) is 14.2. The van der Waals surface area contributed by atoms with E-state index < -0.39 is 12.1 Å². The zero-order chi connectivity index (χ0) is 31.9. The lowest BCUT2D eigenvalue weighted by Crippen LogP contribution is -3.17. The van der Waals surface area contributed by atoms with Crippen LogP contribution in [0.25, 0.3) is 0 Å². The van der Waals surface area contributed by atoms with Crippen molar-refractivity contribution in [2.75, 3.05) is 26.3 Å². The number of carboxylic acids is 1. The molecule has 3 aromatic carbocycles. The number of carbonyl (C=O) groups excluding carboxylic acids is 2. The molecule has 12 heteroatoms. The summed E-state index contributed by atoms with van der Waals surface area (Å²) in [5.74, 6) is -2.84. The van der Waals surface area contributed by atoms with Gasteiger partial charge in [-0.25, -0.2) is 0 Å². The van der Waals surface area contributed by atoms with Crippen LogP contribution in [0.15, 0.2) is 77.3 Å². The number of ether oxygens (including phenoxy) is 1. The lowest BCUT2D eigenvalue weighted by Gasteiger charge is -2.40. The Labute approximate surface area is 272 Å². The zero-order valence-electron chi connectivity index (χ0n) is 23.6. The first-order chi connectivity index (χ1) is 20.9. The first-order valence-corrected chi connectivity index (χ1v) is 15.7. The van der Waals surface area contributed by atoms with Crippen LogP contribution in [0.5, 0.6) is 0 Å². The van der Waals surface area contributed by atoms with Crippen LogP contribution < -0.4 is 15.3 Å². The van der Waals surface area contributed by atoms with Crippen molar-refractivity contribution in [3.05, 3.63) is 104 Å². The largest absolute Gasteiger partial charge is 0.542 e. The molecule has 236 valence electrons. The molecule has 1 saturated carbocycles. The molecule has 5 rings (SSSR count). The maximum Gasteiger partial charge on any atom is 0.430 e. The molecular formula is C32H32BrCl2F3N2O4. The molecule has 0 unspecified atom stereocenters. The number of halogens is 6. The van der Waals surface area contributed by atoms with Crippen molar-refractivity contribution in [1.82, 2.24) is 5.32 Å². The molecule has 1 amide bonds. The van der Waals surface area contributed by atoms with Crippen LogP contribution in [0.1, 0.15) is 47.9 Å². The van der Waals surface area contributed by atoms with Crippen LogP contribution in [0.2, 0.25) is 10.0 Å². The van der Waals surface area contributed by atoms with Gasteiger partial charge in [-0.2, -0.15) is 13.2 Å². The molecule has 2 N–H and O–H groups in total. The zero-order valence-corrected chi connectivity index (χ0v) is 26.7. The van der Waals surface area contributed by atoms with Crippen molar-refractivity contribution >= 4 is 51.0 Å². The van der Waals surface area contributed by atoms with Crippen LogP contribution >= 0.6 is 39.1 Å². The van der Waals surface area contributed by atoms with E-state index in [9.17, 15) is 18.0 Å². The topological polar surface area (TPSA) is 82.9 Å². The van der Waals surface area contributed by atoms with Gasteiger partial charge >= 0.3 is 6.18 Å². The quantitative estimate of drug-likeness (QED) is 0.371. The Morgan fingerprint density at radius 2 is 1.39 bits per heavy atom. The highest BCUT2D eigenvalue weighted by Crippen LogP contribution is 2.39. The molecule has 1 aliphatic carbocycles. The number of hydrogen-bond acceptors (Lipinski definition) is 4. The van der Waals surface area contributed by atoms with Gasteiger partial charge in [0, 0.05) is 39.2 Å². The fraction of sp³-hybridized carbons (Fsp3) is 0.375. The third-order valence-electron chi connectivity index (χ3n) is 8.12.